The number of nitrogens with one attached hydrogen (secondary N) is 1. The molecule has 7 nitrogen and oxygen atoms in total. The Bertz CT molecular complexity index is 652. The minimum atomic E-state index is -0.688. The van der Waals surface area contributed by atoms with E-state index in [4.69, 9.17) is 4.74 Å². The molecule has 1 amide bonds. The van der Waals surface area contributed by atoms with E-state index in [0.29, 0.717) is 19.8 Å². The van der Waals surface area contributed by atoms with Crippen molar-refractivity contribution in [1.82, 2.24) is 10.2 Å². The number of carbonyl (C=O) groups is 2. The third kappa shape index (κ3) is 5.59. The monoisotopic (exact) mass is 367 g/mol. The molecule has 26 heavy (non-hydrogen) atoms. The fraction of sp³-hybridized carbons (Fsp3) is 0.556. The first kappa shape index (κ1) is 20.0. The van der Waals surface area contributed by atoms with Crippen LogP contribution in [0.25, 0.3) is 0 Å². The number of rotatable bonds is 4. The van der Waals surface area contributed by atoms with Crippen LogP contribution >= 0.6 is 0 Å². The van der Waals surface area contributed by atoms with Gasteiger partial charge in [-0.1, -0.05) is 0 Å². The zero-order valence-corrected chi connectivity index (χ0v) is 15.7. The summed E-state index contributed by atoms with van der Waals surface area (Å²) in [6, 6.07) is 4.50. The molecular weight excluding hydrogens is 341 g/mol. The summed E-state index contributed by atoms with van der Waals surface area (Å²) in [5, 5.41) is 2.73. The summed E-state index contributed by atoms with van der Waals surface area (Å²) in [5.74, 6) is -1.28. The predicted molar refractivity (Wildman–Crippen MR) is 95.8 cm³/mol. The average molecular weight is 367 g/mol. The lowest BCUT2D eigenvalue weighted by atomic mass is 10.1. The third-order valence-electron chi connectivity index (χ3n) is 3.94. The SMILES string of the molecule is COC(=O)c1ccc(N2CCN(CNC(=O)OC(C)(C)C)CC2)cc1F. The number of hydrogen-bond acceptors (Lipinski definition) is 6. The molecule has 1 aliphatic rings. The quantitative estimate of drug-likeness (QED) is 0.823. The number of anilines is 1. The number of amides is 1. The minimum Gasteiger partial charge on any atom is -0.465 e. The van der Waals surface area contributed by atoms with Gasteiger partial charge >= 0.3 is 12.1 Å². The van der Waals surface area contributed by atoms with Crippen molar-refractivity contribution >= 4 is 17.7 Å². The number of benzene rings is 1. The van der Waals surface area contributed by atoms with Crippen LogP contribution in [0.4, 0.5) is 14.9 Å². The topological polar surface area (TPSA) is 71.1 Å². The zero-order valence-electron chi connectivity index (χ0n) is 15.7. The van der Waals surface area contributed by atoms with E-state index in [0.717, 1.165) is 18.8 Å². The van der Waals surface area contributed by atoms with E-state index in [1.54, 1.807) is 6.07 Å². The number of ether oxygens (including phenoxy) is 2. The van der Waals surface area contributed by atoms with Crippen LogP contribution in [0.1, 0.15) is 31.1 Å². The van der Waals surface area contributed by atoms with Crippen molar-refractivity contribution in [3.8, 4) is 0 Å². The Morgan fingerprint density at radius 2 is 1.85 bits per heavy atom. The first-order chi connectivity index (χ1) is 12.2. The Morgan fingerprint density at radius 3 is 2.38 bits per heavy atom. The molecule has 0 spiro atoms. The van der Waals surface area contributed by atoms with E-state index in [2.05, 4.69) is 15.0 Å². The maximum atomic E-state index is 14.1. The molecule has 1 saturated heterocycles. The Balaban J connectivity index is 1.84. The molecule has 1 N–H and O–H groups in total. The van der Waals surface area contributed by atoms with Crippen LogP contribution in [0.2, 0.25) is 0 Å². The first-order valence-electron chi connectivity index (χ1n) is 8.51. The highest BCUT2D eigenvalue weighted by atomic mass is 19.1. The second-order valence-electron chi connectivity index (χ2n) is 7.10. The normalized spacial score (nSPS) is 15.5. The summed E-state index contributed by atoms with van der Waals surface area (Å²) < 4.78 is 23.8. The Morgan fingerprint density at radius 1 is 1.19 bits per heavy atom. The van der Waals surface area contributed by atoms with Gasteiger partial charge in [-0.25, -0.2) is 14.0 Å². The van der Waals surface area contributed by atoms with E-state index in [1.807, 2.05) is 25.7 Å². The van der Waals surface area contributed by atoms with Crippen LogP contribution in [0.15, 0.2) is 18.2 Å². The lowest BCUT2D eigenvalue weighted by molar-refractivity contribution is 0.0488. The fourth-order valence-corrected chi connectivity index (χ4v) is 2.63. The van der Waals surface area contributed by atoms with E-state index < -0.39 is 23.5 Å². The van der Waals surface area contributed by atoms with Gasteiger partial charge in [-0.15, -0.1) is 0 Å². The van der Waals surface area contributed by atoms with Crippen molar-refractivity contribution in [3.63, 3.8) is 0 Å². The third-order valence-corrected chi connectivity index (χ3v) is 3.94. The molecule has 1 aromatic rings. The Labute approximate surface area is 153 Å². The van der Waals surface area contributed by atoms with Crippen LogP contribution < -0.4 is 10.2 Å². The van der Waals surface area contributed by atoms with Crippen molar-refractivity contribution in [2.75, 3.05) is 44.9 Å². The molecule has 1 heterocycles. The second-order valence-corrected chi connectivity index (χ2v) is 7.10. The van der Waals surface area contributed by atoms with E-state index in [-0.39, 0.29) is 5.56 Å². The molecule has 0 aliphatic carbocycles. The van der Waals surface area contributed by atoms with Gasteiger partial charge in [0.25, 0.3) is 0 Å². The molecule has 0 aromatic heterocycles. The lowest BCUT2D eigenvalue weighted by Gasteiger charge is -2.36. The second kappa shape index (κ2) is 8.35. The number of nitrogens with zero attached hydrogens (tertiary/aromatic N) is 2. The number of hydrogen-bond donors (Lipinski definition) is 1. The van der Waals surface area contributed by atoms with Gasteiger partial charge in [-0.3, -0.25) is 4.90 Å². The van der Waals surface area contributed by atoms with E-state index in [9.17, 15) is 14.0 Å². The van der Waals surface area contributed by atoms with E-state index in [1.165, 1.54) is 19.2 Å². The molecule has 0 atom stereocenters. The van der Waals surface area contributed by atoms with Crippen LogP contribution in [-0.2, 0) is 9.47 Å². The molecule has 144 valence electrons. The molecule has 0 unspecified atom stereocenters. The molecule has 1 fully saturated rings. The highest BCUT2D eigenvalue weighted by molar-refractivity contribution is 5.90. The molecule has 0 radical (unpaired) electrons. The molecule has 2 rings (SSSR count). The van der Waals surface area contributed by atoms with Crippen LogP contribution in [0, 0.1) is 5.82 Å². The van der Waals surface area contributed by atoms with Gasteiger partial charge in [0.15, 0.2) is 0 Å². The summed E-state index contributed by atoms with van der Waals surface area (Å²) in [6.45, 7) is 8.66. The average Bonchev–Trinajstić information content (AvgIpc) is 2.58. The van der Waals surface area contributed by atoms with Gasteiger partial charge in [-0.2, -0.15) is 0 Å². The van der Waals surface area contributed by atoms with Crippen molar-refractivity contribution in [2.24, 2.45) is 0 Å². The Hall–Kier alpha value is -2.35. The summed E-state index contributed by atoms with van der Waals surface area (Å²) in [5.41, 5.74) is 0.120. The molecular formula is C18H26FN3O4. The minimum absolute atomic E-state index is 0.0727. The lowest BCUT2D eigenvalue weighted by Crippen LogP contribution is -2.50. The molecule has 1 aliphatic heterocycles. The van der Waals surface area contributed by atoms with Gasteiger partial charge in [0.1, 0.15) is 11.4 Å². The van der Waals surface area contributed by atoms with Gasteiger partial charge in [0, 0.05) is 31.9 Å². The van der Waals surface area contributed by atoms with Gasteiger partial charge < -0.3 is 19.7 Å². The predicted octanol–water partition coefficient (Wildman–Crippen LogP) is 2.22. The standard InChI is InChI=1S/C18H26FN3O4/c1-18(2,3)26-17(24)20-12-21-7-9-22(10-8-21)13-5-6-14(15(19)11-13)16(23)25-4/h5-6,11H,7-10,12H2,1-4H3,(H,20,24). The van der Waals surface area contributed by atoms with E-state index >= 15 is 0 Å². The Kier molecular flexibility index (Phi) is 6.42. The molecule has 1 aromatic carbocycles. The maximum Gasteiger partial charge on any atom is 0.408 e. The number of carbonyl (C=O) groups excluding carboxylic acids is 2. The highest BCUT2D eigenvalue weighted by Gasteiger charge is 2.21. The number of halogens is 1. The van der Waals surface area contributed by atoms with Gasteiger partial charge in [0.2, 0.25) is 0 Å². The number of methoxy groups -OCH3 is 1. The number of piperazine rings is 1. The van der Waals surface area contributed by atoms with Gasteiger partial charge in [0.05, 0.1) is 19.3 Å². The van der Waals surface area contributed by atoms with Crippen LogP contribution in [0.5, 0.6) is 0 Å². The largest absolute Gasteiger partial charge is 0.465 e. The molecule has 8 heteroatoms. The van der Waals surface area contributed by atoms with Gasteiger partial charge in [-0.05, 0) is 39.0 Å². The van der Waals surface area contributed by atoms with Crippen LogP contribution in [0.3, 0.4) is 0 Å². The fourth-order valence-electron chi connectivity index (χ4n) is 2.63. The molecule has 0 saturated carbocycles. The summed E-state index contributed by atoms with van der Waals surface area (Å²) >= 11 is 0. The number of esters is 1. The van der Waals surface area contributed by atoms with Crippen molar-refractivity contribution in [2.45, 2.75) is 26.4 Å². The summed E-state index contributed by atoms with van der Waals surface area (Å²) in [4.78, 5) is 27.3. The van der Waals surface area contributed by atoms with Crippen LogP contribution in [-0.4, -0.2) is 62.5 Å². The first-order valence-corrected chi connectivity index (χ1v) is 8.51. The molecule has 0 bridgehead atoms. The van der Waals surface area contributed by atoms with Crippen molar-refractivity contribution < 1.29 is 23.5 Å². The number of alkyl carbamates (subject to hydrolysis) is 1. The highest BCUT2D eigenvalue weighted by Crippen LogP contribution is 2.20. The zero-order chi connectivity index (χ0) is 19.3. The van der Waals surface area contributed by atoms with Crippen molar-refractivity contribution in [3.05, 3.63) is 29.6 Å². The summed E-state index contributed by atoms with van der Waals surface area (Å²) in [7, 11) is 1.22. The van der Waals surface area contributed by atoms with Crippen molar-refractivity contribution in [1.29, 1.82) is 0 Å². The smallest absolute Gasteiger partial charge is 0.408 e. The maximum absolute atomic E-state index is 14.1. The summed E-state index contributed by atoms with van der Waals surface area (Å²) in [6.07, 6.45) is -0.444.